The zero-order valence-electron chi connectivity index (χ0n) is 11.2. The maximum Gasteiger partial charge on any atom is 0.347 e. The molecule has 2 rings (SSSR count). The van der Waals surface area contributed by atoms with E-state index in [0.29, 0.717) is 5.56 Å². The minimum absolute atomic E-state index is 0.0330. The number of rotatable bonds is 3. The van der Waals surface area contributed by atoms with Crippen LogP contribution in [0.1, 0.15) is 23.0 Å². The van der Waals surface area contributed by atoms with Crippen LogP contribution < -0.4 is 5.63 Å². The van der Waals surface area contributed by atoms with Crippen LogP contribution in [0.3, 0.4) is 0 Å². The van der Waals surface area contributed by atoms with Gasteiger partial charge >= 0.3 is 11.6 Å². The SMILES string of the molecule is CCOC(=O)c1c(C)oc(=O)c(-c2ccccc2)c1O. The van der Waals surface area contributed by atoms with Crippen LogP contribution in [-0.4, -0.2) is 17.7 Å². The lowest BCUT2D eigenvalue weighted by Crippen LogP contribution is -2.13. The van der Waals surface area contributed by atoms with Crippen molar-refractivity contribution in [1.29, 1.82) is 0 Å². The molecule has 1 aromatic carbocycles. The molecule has 0 unspecified atom stereocenters. The molecule has 5 heteroatoms. The van der Waals surface area contributed by atoms with Gasteiger partial charge in [-0.15, -0.1) is 0 Å². The van der Waals surface area contributed by atoms with Crippen molar-refractivity contribution in [2.24, 2.45) is 0 Å². The molecular weight excluding hydrogens is 260 g/mol. The van der Waals surface area contributed by atoms with Gasteiger partial charge < -0.3 is 14.3 Å². The fraction of sp³-hybridized carbons (Fsp3) is 0.200. The number of hydrogen-bond donors (Lipinski definition) is 1. The average Bonchev–Trinajstić information content (AvgIpc) is 2.39. The minimum Gasteiger partial charge on any atom is -0.506 e. The molecule has 1 aromatic heterocycles. The number of hydrogen-bond acceptors (Lipinski definition) is 5. The molecule has 0 aliphatic heterocycles. The van der Waals surface area contributed by atoms with Gasteiger partial charge in [0.15, 0.2) is 0 Å². The van der Waals surface area contributed by atoms with Crippen molar-refractivity contribution < 1.29 is 19.1 Å². The number of esters is 1. The van der Waals surface area contributed by atoms with Gasteiger partial charge in [0.05, 0.1) is 6.61 Å². The summed E-state index contributed by atoms with van der Waals surface area (Å²) in [4.78, 5) is 23.8. The molecule has 0 aliphatic rings. The third-order valence-electron chi connectivity index (χ3n) is 2.82. The van der Waals surface area contributed by atoms with E-state index in [0.717, 1.165) is 0 Å². The highest BCUT2D eigenvalue weighted by atomic mass is 16.5. The van der Waals surface area contributed by atoms with Crippen LogP contribution in [0.5, 0.6) is 5.75 Å². The van der Waals surface area contributed by atoms with E-state index >= 15 is 0 Å². The summed E-state index contributed by atoms with van der Waals surface area (Å²) in [6, 6.07) is 8.52. The average molecular weight is 274 g/mol. The number of aromatic hydroxyl groups is 1. The van der Waals surface area contributed by atoms with Crippen LogP contribution in [0.2, 0.25) is 0 Å². The molecule has 0 atom stereocenters. The molecule has 0 amide bonds. The Morgan fingerprint density at radius 2 is 1.95 bits per heavy atom. The van der Waals surface area contributed by atoms with Crippen molar-refractivity contribution in [3.05, 3.63) is 52.1 Å². The summed E-state index contributed by atoms with van der Waals surface area (Å²) >= 11 is 0. The quantitative estimate of drug-likeness (QED) is 0.870. The summed E-state index contributed by atoms with van der Waals surface area (Å²) in [5, 5.41) is 10.2. The molecule has 0 radical (unpaired) electrons. The fourth-order valence-electron chi connectivity index (χ4n) is 1.93. The van der Waals surface area contributed by atoms with Crippen molar-refractivity contribution in [2.45, 2.75) is 13.8 Å². The van der Waals surface area contributed by atoms with Crippen LogP contribution in [0.4, 0.5) is 0 Å². The highest BCUT2D eigenvalue weighted by Crippen LogP contribution is 2.31. The first-order chi connectivity index (χ1) is 9.56. The number of aryl methyl sites for hydroxylation is 1. The van der Waals surface area contributed by atoms with E-state index < -0.39 is 17.3 Å². The summed E-state index contributed by atoms with van der Waals surface area (Å²) in [5.74, 6) is -1.10. The molecule has 0 fully saturated rings. The first-order valence-corrected chi connectivity index (χ1v) is 6.15. The van der Waals surface area contributed by atoms with Gasteiger partial charge in [-0.25, -0.2) is 9.59 Å². The Hall–Kier alpha value is -2.56. The van der Waals surface area contributed by atoms with E-state index in [2.05, 4.69) is 0 Å². The molecule has 0 bridgehead atoms. The first-order valence-electron chi connectivity index (χ1n) is 6.15. The maximum atomic E-state index is 11.9. The monoisotopic (exact) mass is 274 g/mol. The second-order valence-corrected chi connectivity index (χ2v) is 4.13. The second kappa shape index (κ2) is 5.61. The van der Waals surface area contributed by atoms with Gasteiger partial charge in [-0.2, -0.15) is 0 Å². The summed E-state index contributed by atoms with van der Waals surface area (Å²) in [5.41, 5.74) is -0.381. The van der Waals surface area contributed by atoms with E-state index in [1.54, 1.807) is 37.3 Å². The lowest BCUT2D eigenvalue weighted by Gasteiger charge is -2.10. The zero-order chi connectivity index (χ0) is 14.7. The van der Waals surface area contributed by atoms with Crippen molar-refractivity contribution >= 4 is 5.97 Å². The molecule has 5 nitrogen and oxygen atoms in total. The van der Waals surface area contributed by atoms with Gasteiger partial charge in [-0.3, -0.25) is 0 Å². The molecule has 1 N–H and O–H groups in total. The van der Waals surface area contributed by atoms with E-state index in [9.17, 15) is 14.7 Å². The smallest absolute Gasteiger partial charge is 0.347 e. The third kappa shape index (κ3) is 2.42. The zero-order valence-corrected chi connectivity index (χ0v) is 11.2. The van der Waals surface area contributed by atoms with Gasteiger partial charge in [-0.1, -0.05) is 30.3 Å². The van der Waals surface area contributed by atoms with Crippen LogP contribution in [0.25, 0.3) is 11.1 Å². The molecule has 0 spiro atoms. The third-order valence-corrected chi connectivity index (χ3v) is 2.82. The largest absolute Gasteiger partial charge is 0.506 e. The van der Waals surface area contributed by atoms with Crippen molar-refractivity contribution in [3.63, 3.8) is 0 Å². The van der Waals surface area contributed by atoms with Crippen molar-refractivity contribution in [2.75, 3.05) is 6.61 Å². The molecule has 1 heterocycles. The van der Waals surface area contributed by atoms with Crippen LogP contribution in [0.15, 0.2) is 39.5 Å². The summed E-state index contributed by atoms with van der Waals surface area (Å²) in [6.07, 6.45) is 0. The Balaban J connectivity index is 2.68. The van der Waals surface area contributed by atoms with Gasteiger partial charge in [0.2, 0.25) is 0 Å². The van der Waals surface area contributed by atoms with E-state index in [1.165, 1.54) is 6.92 Å². The highest BCUT2D eigenvalue weighted by molar-refractivity contribution is 5.96. The standard InChI is InChI=1S/C15H14O5/c1-3-19-14(17)11-9(2)20-15(18)12(13(11)16)10-7-5-4-6-8-10/h4-8,16H,3H2,1-2H3. The first kappa shape index (κ1) is 13.9. The fourth-order valence-corrected chi connectivity index (χ4v) is 1.93. The predicted octanol–water partition coefficient (Wildman–Crippen LogP) is 2.50. The molecule has 20 heavy (non-hydrogen) atoms. The van der Waals surface area contributed by atoms with Gasteiger partial charge in [0.25, 0.3) is 0 Å². The van der Waals surface area contributed by atoms with Crippen molar-refractivity contribution in [1.82, 2.24) is 0 Å². The van der Waals surface area contributed by atoms with Gasteiger partial charge in [-0.05, 0) is 19.4 Å². The maximum absolute atomic E-state index is 11.9. The van der Waals surface area contributed by atoms with E-state index in [-0.39, 0.29) is 23.5 Å². The number of carbonyl (C=O) groups is 1. The Labute approximate surface area is 115 Å². The minimum atomic E-state index is -0.719. The second-order valence-electron chi connectivity index (χ2n) is 4.13. The highest BCUT2D eigenvalue weighted by Gasteiger charge is 2.24. The molecule has 0 aliphatic carbocycles. The summed E-state index contributed by atoms with van der Waals surface area (Å²) in [6.45, 7) is 3.25. The number of benzene rings is 1. The summed E-state index contributed by atoms with van der Waals surface area (Å²) in [7, 11) is 0. The van der Waals surface area contributed by atoms with Gasteiger partial charge in [0, 0.05) is 0 Å². The van der Waals surface area contributed by atoms with Crippen molar-refractivity contribution in [3.8, 4) is 16.9 Å². The lowest BCUT2D eigenvalue weighted by molar-refractivity contribution is 0.0518. The molecule has 0 saturated carbocycles. The predicted molar refractivity (Wildman–Crippen MR) is 72.8 cm³/mol. The molecule has 104 valence electrons. The Morgan fingerprint density at radius 1 is 1.30 bits per heavy atom. The molecule has 0 saturated heterocycles. The normalized spacial score (nSPS) is 10.3. The lowest BCUT2D eigenvalue weighted by atomic mass is 10.0. The van der Waals surface area contributed by atoms with E-state index in [1.807, 2.05) is 0 Å². The van der Waals surface area contributed by atoms with Crippen LogP contribution in [0, 0.1) is 6.92 Å². The Bertz CT molecular complexity index is 685. The Morgan fingerprint density at radius 3 is 2.55 bits per heavy atom. The van der Waals surface area contributed by atoms with E-state index in [4.69, 9.17) is 9.15 Å². The van der Waals surface area contributed by atoms with Crippen LogP contribution >= 0.6 is 0 Å². The topological polar surface area (TPSA) is 76.7 Å². The van der Waals surface area contributed by atoms with Gasteiger partial charge in [0.1, 0.15) is 22.6 Å². The number of carbonyl (C=O) groups excluding carboxylic acids is 1. The summed E-state index contributed by atoms with van der Waals surface area (Å²) < 4.78 is 9.89. The number of ether oxygens (including phenoxy) is 1. The Kier molecular flexibility index (Phi) is 3.89. The van der Waals surface area contributed by atoms with Crippen LogP contribution in [-0.2, 0) is 4.74 Å². The molecular formula is C15H14O5. The molecule has 2 aromatic rings.